The Morgan fingerprint density at radius 3 is 2.76 bits per heavy atom. The van der Waals surface area contributed by atoms with Crippen LogP contribution >= 0.6 is 0 Å². The molecule has 0 unspecified atom stereocenters. The SMILES string of the molecule is CC(C)c1ccccc1OCCNC(=O)C1CCNCC1. The van der Waals surface area contributed by atoms with Gasteiger partial charge < -0.3 is 15.4 Å². The van der Waals surface area contributed by atoms with Gasteiger partial charge in [-0.15, -0.1) is 0 Å². The van der Waals surface area contributed by atoms with Gasteiger partial charge in [-0.3, -0.25) is 4.79 Å². The molecule has 1 aromatic rings. The summed E-state index contributed by atoms with van der Waals surface area (Å²) in [6.07, 6.45) is 1.87. The van der Waals surface area contributed by atoms with E-state index in [9.17, 15) is 4.79 Å². The van der Waals surface area contributed by atoms with E-state index in [2.05, 4.69) is 30.5 Å². The van der Waals surface area contributed by atoms with Crippen LogP contribution in [0, 0.1) is 5.92 Å². The second-order valence-corrected chi connectivity index (χ2v) is 5.86. The van der Waals surface area contributed by atoms with Gasteiger partial charge in [0.1, 0.15) is 12.4 Å². The summed E-state index contributed by atoms with van der Waals surface area (Å²) in [5.74, 6) is 1.68. The lowest BCUT2D eigenvalue weighted by molar-refractivity contribution is -0.125. The molecule has 4 heteroatoms. The molecule has 1 aromatic carbocycles. The molecular formula is C17H26N2O2. The maximum absolute atomic E-state index is 12.0. The molecule has 0 spiro atoms. The van der Waals surface area contributed by atoms with Crippen LogP contribution in [0.1, 0.15) is 38.2 Å². The highest BCUT2D eigenvalue weighted by atomic mass is 16.5. The Morgan fingerprint density at radius 1 is 1.33 bits per heavy atom. The normalized spacial score (nSPS) is 16.0. The van der Waals surface area contributed by atoms with Crippen molar-refractivity contribution in [2.24, 2.45) is 5.92 Å². The van der Waals surface area contributed by atoms with Crippen LogP contribution in [0.4, 0.5) is 0 Å². The minimum atomic E-state index is 0.161. The predicted octanol–water partition coefficient (Wildman–Crippen LogP) is 2.30. The van der Waals surface area contributed by atoms with Crippen LogP contribution in [0.2, 0.25) is 0 Å². The van der Waals surface area contributed by atoms with Gasteiger partial charge >= 0.3 is 0 Å². The van der Waals surface area contributed by atoms with E-state index in [1.54, 1.807) is 0 Å². The van der Waals surface area contributed by atoms with Gasteiger partial charge in [0.15, 0.2) is 0 Å². The minimum Gasteiger partial charge on any atom is -0.491 e. The Balaban J connectivity index is 1.73. The smallest absolute Gasteiger partial charge is 0.223 e. The molecule has 21 heavy (non-hydrogen) atoms. The molecule has 0 atom stereocenters. The molecule has 2 N–H and O–H groups in total. The molecule has 4 nitrogen and oxygen atoms in total. The topological polar surface area (TPSA) is 50.4 Å². The molecule has 1 amide bonds. The summed E-state index contributed by atoms with van der Waals surface area (Å²) >= 11 is 0. The molecule has 1 aliphatic heterocycles. The molecule has 1 saturated heterocycles. The number of carbonyl (C=O) groups is 1. The summed E-state index contributed by atoms with van der Waals surface area (Å²) in [4.78, 5) is 12.0. The number of para-hydroxylation sites is 1. The van der Waals surface area contributed by atoms with Crippen LogP contribution in [0.5, 0.6) is 5.75 Å². The summed E-state index contributed by atoms with van der Waals surface area (Å²) in [5.41, 5.74) is 1.21. The van der Waals surface area contributed by atoms with Crippen LogP contribution in [-0.4, -0.2) is 32.1 Å². The first-order chi connectivity index (χ1) is 10.2. The molecule has 0 aliphatic carbocycles. The maximum Gasteiger partial charge on any atom is 0.223 e. The summed E-state index contributed by atoms with van der Waals surface area (Å²) in [6.45, 7) is 7.27. The Morgan fingerprint density at radius 2 is 2.05 bits per heavy atom. The van der Waals surface area contributed by atoms with Gasteiger partial charge in [-0.1, -0.05) is 32.0 Å². The van der Waals surface area contributed by atoms with E-state index in [4.69, 9.17) is 4.74 Å². The molecule has 2 rings (SSSR count). The molecule has 0 aromatic heterocycles. The molecule has 116 valence electrons. The van der Waals surface area contributed by atoms with Crippen molar-refractivity contribution in [3.8, 4) is 5.75 Å². The number of piperidine rings is 1. The maximum atomic E-state index is 12.0. The van der Waals surface area contributed by atoms with Crippen LogP contribution in [-0.2, 0) is 4.79 Å². The van der Waals surface area contributed by atoms with Gasteiger partial charge in [-0.05, 0) is 43.5 Å². The van der Waals surface area contributed by atoms with Gasteiger partial charge in [-0.25, -0.2) is 0 Å². The molecule has 1 fully saturated rings. The Kier molecular flexibility index (Phi) is 6.05. The number of nitrogens with one attached hydrogen (secondary N) is 2. The highest BCUT2D eigenvalue weighted by Crippen LogP contribution is 2.25. The number of benzene rings is 1. The van der Waals surface area contributed by atoms with Crippen molar-refractivity contribution in [1.82, 2.24) is 10.6 Å². The third kappa shape index (κ3) is 4.74. The molecule has 0 saturated carbocycles. The number of amides is 1. The van der Waals surface area contributed by atoms with Gasteiger partial charge in [-0.2, -0.15) is 0 Å². The fraction of sp³-hybridized carbons (Fsp3) is 0.588. The average Bonchev–Trinajstić information content (AvgIpc) is 2.52. The van der Waals surface area contributed by atoms with Crippen molar-refractivity contribution in [3.05, 3.63) is 29.8 Å². The van der Waals surface area contributed by atoms with Crippen molar-refractivity contribution in [3.63, 3.8) is 0 Å². The second kappa shape index (κ2) is 8.03. The van der Waals surface area contributed by atoms with Crippen molar-refractivity contribution < 1.29 is 9.53 Å². The van der Waals surface area contributed by atoms with Gasteiger partial charge in [0.05, 0.1) is 6.54 Å². The lowest BCUT2D eigenvalue weighted by atomic mass is 9.97. The summed E-state index contributed by atoms with van der Waals surface area (Å²) < 4.78 is 5.81. The van der Waals surface area contributed by atoms with E-state index < -0.39 is 0 Å². The molecule has 0 radical (unpaired) electrons. The zero-order chi connectivity index (χ0) is 15.1. The van der Waals surface area contributed by atoms with Gasteiger partial charge in [0.25, 0.3) is 0 Å². The molecule has 1 aliphatic rings. The Bertz CT molecular complexity index is 454. The lowest BCUT2D eigenvalue weighted by Crippen LogP contribution is -2.39. The van der Waals surface area contributed by atoms with E-state index in [0.29, 0.717) is 19.1 Å². The highest BCUT2D eigenvalue weighted by molar-refractivity contribution is 5.78. The van der Waals surface area contributed by atoms with E-state index in [0.717, 1.165) is 31.7 Å². The number of rotatable bonds is 6. The average molecular weight is 290 g/mol. The quantitative estimate of drug-likeness (QED) is 0.791. The predicted molar refractivity (Wildman–Crippen MR) is 84.6 cm³/mol. The second-order valence-electron chi connectivity index (χ2n) is 5.86. The summed E-state index contributed by atoms with van der Waals surface area (Å²) in [6, 6.07) is 8.09. The van der Waals surface area contributed by atoms with Crippen LogP contribution in [0.3, 0.4) is 0 Å². The first-order valence-electron chi connectivity index (χ1n) is 7.88. The first-order valence-corrected chi connectivity index (χ1v) is 7.88. The van der Waals surface area contributed by atoms with Gasteiger partial charge in [0, 0.05) is 5.92 Å². The number of hydrogen-bond acceptors (Lipinski definition) is 3. The third-order valence-corrected chi connectivity index (χ3v) is 3.91. The van der Waals surface area contributed by atoms with E-state index in [-0.39, 0.29) is 11.8 Å². The van der Waals surface area contributed by atoms with Crippen LogP contribution in [0.15, 0.2) is 24.3 Å². The van der Waals surface area contributed by atoms with Crippen molar-refractivity contribution in [2.75, 3.05) is 26.2 Å². The fourth-order valence-corrected chi connectivity index (χ4v) is 2.65. The van der Waals surface area contributed by atoms with Crippen molar-refractivity contribution >= 4 is 5.91 Å². The van der Waals surface area contributed by atoms with Gasteiger partial charge in [0.2, 0.25) is 5.91 Å². The number of carbonyl (C=O) groups excluding carboxylic acids is 1. The molecule has 0 bridgehead atoms. The Hall–Kier alpha value is -1.55. The van der Waals surface area contributed by atoms with Crippen molar-refractivity contribution in [2.45, 2.75) is 32.6 Å². The lowest BCUT2D eigenvalue weighted by Gasteiger charge is -2.21. The number of ether oxygens (including phenoxy) is 1. The first kappa shape index (κ1) is 15.8. The molecule has 1 heterocycles. The monoisotopic (exact) mass is 290 g/mol. The van der Waals surface area contributed by atoms with E-state index in [1.165, 1.54) is 5.56 Å². The standard InChI is InChI=1S/C17H26N2O2/c1-13(2)15-5-3-4-6-16(15)21-12-11-19-17(20)14-7-9-18-10-8-14/h3-6,13-14,18H,7-12H2,1-2H3,(H,19,20). The highest BCUT2D eigenvalue weighted by Gasteiger charge is 2.20. The zero-order valence-electron chi connectivity index (χ0n) is 13.0. The zero-order valence-corrected chi connectivity index (χ0v) is 13.0. The third-order valence-electron chi connectivity index (χ3n) is 3.91. The van der Waals surface area contributed by atoms with Crippen LogP contribution < -0.4 is 15.4 Å². The minimum absolute atomic E-state index is 0.161. The summed E-state index contributed by atoms with van der Waals surface area (Å²) in [5, 5.41) is 6.25. The largest absolute Gasteiger partial charge is 0.491 e. The van der Waals surface area contributed by atoms with Crippen molar-refractivity contribution in [1.29, 1.82) is 0 Å². The molecular weight excluding hydrogens is 264 g/mol. The van der Waals surface area contributed by atoms with E-state index >= 15 is 0 Å². The fourth-order valence-electron chi connectivity index (χ4n) is 2.65. The summed E-state index contributed by atoms with van der Waals surface area (Å²) in [7, 11) is 0. The number of hydrogen-bond donors (Lipinski definition) is 2. The Labute approximate surface area is 127 Å². The van der Waals surface area contributed by atoms with Crippen LogP contribution in [0.25, 0.3) is 0 Å². The van der Waals surface area contributed by atoms with E-state index in [1.807, 2.05) is 18.2 Å².